The average Bonchev–Trinajstić information content (AvgIpc) is 3.15. The van der Waals surface area contributed by atoms with E-state index in [9.17, 15) is 9.18 Å². The maximum absolute atomic E-state index is 13.0. The number of hydrogen-bond donors (Lipinski definition) is 1. The van der Waals surface area contributed by atoms with Crippen LogP contribution in [0.15, 0.2) is 30.3 Å². The van der Waals surface area contributed by atoms with E-state index in [1.54, 1.807) is 22.9 Å². The molecule has 116 valence electrons. The third kappa shape index (κ3) is 3.17. The fourth-order valence-corrected chi connectivity index (χ4v) is 2.53. The Morgan fingerprint density at radius 2 is 2.23 bits per heavy atom. The normalized spacial score (nSPS) is 17.6. The second-order valence-corrected chi connectivity index (χ2v) is 5.40. The molecule has 1 saturated heterocycles. The smallest absolute Gasteiger partial charge is 0.271 e. The topological polar surface area (TPSA) is 56.1 Å². The molecule has 1 atom stereocenters. The first-order valence-electron chi connectivity index (χ1n) is 7.36. The average molecular weight is 303 g/mol. The highest BCUT2D eigenvalue weighted by atomic mass is 19.1. The number of carbonyl (C=O) groups excluding carboxylic acids is 1. The Bertz CT molecular complexity index is 661. The fraction of sp³-hybridized carbons (Fsp3) is 0.375. The van der Waals surface area contributed by atoms with E-state index in [2.05, 4.69) is 10.4 Å². The van der Waals surface area contributed by atoms with Gasteiger partial charge in [0.05, 0.1) is 11.8 Å². The zero-order valence-electron chi connectivity index (χ0n) is 12.4. The molecule has 2 heterocycles. The van der Waals surface area contributed by atoms with Gasteiger partial charge in [0.15, 0.2) is 5.69 Å². The molecule has 1 aliphatic rings. The Hall–Kier alpha value is -2.21. The molecule has 6 heteroatoms. The maximum atomic E-state index is 13.0. The largest absolute Gasteiger partial charge is 0.376 e. The Kier molecular flexibility index (Phi) is 4.20. The lowest BCUT2D eigenvalue weighted by Gasteiger charge is -2.09. The summed E-state index contributed by atoms with van der Waals surface area (Å²) in [5.41, 5.74) is 1.88. The molecule has 0 spiro atoms. The van der Waals surface area contributed by atoms with Crippen molar-refractivity contribution in [2.24, 2.45) is 0 Å². The molecule has 3 rings (SSSR count). The van der Waals surface area contributed by atoms with Crippen molar-refractivity contribution in [3.05, 3.63) is 47.5 Å². The molecule has 1 fully saturated rings. The Morgan fingerprint density at radius 3 is 2.91 bits per heavy atom. The lowest BCUT2D eigenvalue weighted by molar-refractivity contribution is 0.0853. The van der Waals surface area contributed by atoms with Gasteiger partial charge in [0.1, 0.15) is 5.82 Å². The Morgan fingerprint density at radius 1 is 1.45 bits per heavy atom. The van der Waals surface area contributed by atoms with E-state index in [-0.39, 0.29) is 17.8 Å². The summed E-state index contributed by atoms with van der Waals surface area (Å²) in [5.74, 6) is -0.525. The highest BCUT2D eigenvalue weighted by molar-refractivity contribution is 5.92. The number of ether oxygens (including phenoxy) is 1. The molecule has 1 amide bonds. The van der Waals surface area contributed by atoms with Gasteiger partial charge in [0.25, 0.3) is 5.91 Å². The van der Waals surface area contributed by atoms with Gasteiger partial charge in [-0.1, -0.05) is 0 Å². The summed E-state index contributed by atoms with van der Waals surface area (Å²) < 4.78 is 20.1. The molecule has 1 N–H and O–H groups in total. The molecule has 1 aliphatic heterocycles. The molecular formula is C16H18FN3O2. The Balaban J connectivity index is 1.70. The molecule has 1 aromatic heterocycles. The lowest BCUT2D eigenvalue weighted by atomic mass is 10.2. The van der Waals surface area contributed by atoms with E-state index in [1.165, 1.54) is 12.1 Å². The number of hydrogen-bond acceptors (Lipinski definition) is 3. The van der Waals surface area contributed by atoms with Crippen molar-refractivity contribution in [2.75, 3.05) is 13.2 Å². The number of nitrogens with zero attached hydrogens (tertiary/aromatic N) is 2. The van der Waals surface area contributed by atoms with Gasteiger partial charge in [0.2, 0.25) is 0 Å². The molecule has 22 heavy (non-hydrogen) atoms. The van der Waals surface area contributed by atoms with Crippen LogP contribution in [0, 0.1) is 12.7 Å². The third-order valence-electron chi connectivity index (χ3n) is 3.71. The number of halogens is 1. The molecule has 1 aromatic carbocycles. The van der Waals surface area contributed by atoms with Crippen molar-refractivity contribution in [2.45, 2.75) is 25.9 Å². The highest BCUT2D eigenvalue weighted by Gasteiger charge is 2.18. The first-order chi connectivity index (χ1) is 10.6. The van der Waals surface area contributed by atoms with Crippen LogP contribution in [0.25, 0.3) is 5.69 Å². The summed E-state index contributed by atoms with van der Waals surface area (Å²) in [4.78, 5) is 12.1. The molecular weight excluding hydrogens is 285 g/mol. The summed E-state index contributed by atoms with van der Waals surface area (Å²) in [6.45, 7) is 3.12. The molecule has 0 bridgehead atoms. The van der Waals surface area contributed by atoms with Crippen LogP contribution in [-0.4, -0.2) is 34.9 Å². The van der Waals surface area contributed by atoms with Crippen LogP contribution in [0.5, 0.6) is 0 Å². The van der Waals surface area contributed by atoms with Gasteiger partial charge in [-0.15, -0.1) is 0 Å². The van der Waals surface area contributed by atoms with Crippen LogP contribution in [0.2, 0.25) is 0 Å². The first-order valence-corrected chi connectivity index (χ1v) is 7.36. The number of aromatic nitrogens is 2. The van der Waals surface area contributed by atoms with Crippen molar-refractivity contribution >= 4 is 5.91 Å². The molecule has 1 unspecified atom stereocenters. The van der Waals surface area contributed by atoms with Crippen molar-refractivity contribution in [3.63, 3.8) is 0 Å². The molecule has 5 nitrogen and oxygen atoms in total. The van der Waals surface area contributed by atoms with Crippen LogP contribution >= 0.6 is 0 Å². The van der Waals surface area contributed by atoms with Crippen LogP contribution in [0.3, 0.4) is 0 Å². The summed E-state index contributed by atoms with van der Waals surface area (Å²) in [6, 6.07) is 7.71. The number of nitrogens with one attached hydrogen (secondary N) is 1. The molecule has 0 aliphatic carbocycles. The van der Waals surface area contributed by atoms with Crippen molar-refractivity contribution in [1.29, 1.82) is 0 Å². The van der Waals surface area contributed by atoms with Gasteiger partial charge in [0, 0.05) is 18.8 Å². The van der Waals surface area contributed by atoms with Gasteiger partial charge in [-0.25, -0.2) is 9.07 Å². The molecule has 0 radical (unpaired) electrons. The highest BCUT2D eigenvalue weighted by Crippen LogP contribution is 2.14. The maximum Gasteiger partial charge on any atom is 0.271 e. The second-order valence-electron chi connectivity index (χ2n) is 5.40. The van der Waals surface area contributed by atoms with Crippen LogP contribution < -0.4 is 5.32 Å². The summed E-state index contributed by atoms with van der Waals surface area (Å²) in [5, 5.41) is 7.14. The molecule has 2 aromatic rings. The van der Waals surface area contributed by atoms with E-state index in [0.717, 1.165) is 30.8 Å². The lowest BCUT2D eigenvalue weighted by Crippen LogP contribution is -2.32. The van der Waals surface area contributed by atoms with Crippen molar-refractivity contribution in [1.82, 2.24) is 15.1 Å². The van der Waals surface area contributed by atoms with E-state index in [0.29, 0.717) is 12.2 Å². The number of carbonyl (C=O) groups is 1. The summed E-state index contributed by atoms with van der Waals surface area (Å²) >= 11 is 0. The fourth-order valence-electron chi connectivity index (χ4n) is 2.53. The predicted molar refractivity (Wildman–Crippen MR) is 79.6 cm³/mol. The quantitative estimate of drug-likeness (QED) is 0.942. The SMILES string of the molecule is Cc1cc(C(=O)NCC2CCCO2)nn1-c1ccc(F)cc1. The third-order valence-corrected chi connectivity index (χ3v) is 3.71. The van der Waals surface area contributed by atoms with Gasteiger partial charge >= 0.3 is 0 Å². The van der Waals surface area contributed by atoms with E-state index < -0.39 is 0 Å². The number of rotatable bonds is 4. The number of aryl methyl sites for hydroxylation is 1. The van der Waals surface area contributed by atoms with Crippen LogP contribution in [-0.2, 0) is 4.74 Å². The minimum atomic E-state index is -0.303. The standard InChI is InChI=1S/C16H18FN3O2/c1-11-9-15(16(21)18-10-14-3-2-8-22-14)19-20(11)13-6-4-12(17)5-7-13/h4-7,9,14H,2-3,8,10H2,1H3,(H,18,21). The minimum Gasteiger partial charge on any atom is -0.376 e. The predicted octanol–water partition coefficient (Wildman–Crippen LogP) is 2.23. The van der Waals surface area contributed by atoms with Gasteiger partial charge in [-0.3, -0.25) is 4.79 Å². The van der Waals surface area contributed by atoms with Crippen molar-refractivity contribution in [3.8, 4) is 5.69 Å². The van der Waals surface area contributed by atoms with Gasteiger partial charge in [-0.2, -0.15) is 5.10 Å². The molecule has 0 saturated carbocycles. The van der Waals surface area contributed by atoms with Crippen LogP contribution in [0.4, 0.5) is 4.39 Å². The first kappa shape index (κ1) is 14.7. The zero-order chi connectivity index (χ0) is 15.5. The van der Waals surface area contributed by atoms with E-state index >= 15 is 0 Å². The monoisotopic (exact) mass is 303 g/mol. The van der Waals surface area contributed by atoms with E-state index in [1.807, 2.05) is 6.92 Å². The van der Waals surface area contributed by atoms with Crippen molar-refractivity contribution < 1.29 is 13.9 Å². The number of benzene rings is 1. The van der Waals surface area contributed by atoms with Gasteiger partial charge < -0.3 is 10.1 Å². The van der Waals surface area contributed by atoms with E-state index in [4.69, 9.17) is 4.74 Å². The number of amides is 1. The van der Waals surface area contributed by atoms with Crippen LogP contribution in [0.1, 0.15) is 29.0 Å². The summed E-state index contributed by atoms with van der Waals surface area (Å²) in [6.07, 6.45) is 2.12. The zero-order valence-corrected chi connectivity index (χ0v) is 12.4. The summed E-state index contributed by atoms with van der Waals surface area (Å²) in [7, 11) is 0. The van der Waals surface area contributed by atoms with Gasteiger partial charge in [-0.05, 0) is 50.1 Å². The second kappa shape index (κ2) is 6.27. The minimum absolute atomic E-state index is 0.101. The Labute approximate surface area is 128 Å².